The van der Waals surface area contributed by atoms with Gasteiger partial charge in [0, 0.05) is 6.54 Å². The van der Waals surface area contributed by atoms with Crippen LogP contribution in [0.15, 0.2) is 0 Å². The van der Waals surface area contributed by atoms with Gasteiger partial charge in [0.25, 0.3) is 0 Å². The third-order valence-corrected chi connectivity index (χ3v) is 3.08. The summed E-state index contributed by atoms with van der Waals surface area (Å²) in [7, 11) is 0. The maximum absolute atomic E-state index is 12.2. The van der Waals surface area contributed by atoms with Crippen molar-refractivity contribution in [3.05, 3.63) is 0 Å². The molecule has 0 spiro atoms. The van der Waals surface area contributed by atoms with E-state index in [1.807, 2.05) is 0 Å². The molecule has 18 heavy (non-hydrogen) atoms. The van der Waals surface area contributed by atoms with Crippen molar-refractivity contribution in [3.63, 3.8) is 0 Å². The molecule has 2 atom stereocenters. The summed E-state index contributed by atoms with van der Waals surface area (Å²) in [5, 5.41) is 10.9. The Morgan fingerprint density at radius 2 is 2.00 bits per heavy atom. The minimum atomic E-state index is -1.25. The summed E-state index contributed by atoms with van der Waals surface area (Å²) in [5.74, 6) is -1.12. The lowest BCUT2D eigenvalue weighted by Crippen LogP contribution is -2.54. The van der Waals surface area contributed by atoms with Crippen molar-refractivity contribution in [1.29, 1.82) is 0 Å². The molecule has 0 aliphatic carbocycles. The van der Waals surface area contributed by atoms with Crippen LogP contribution in [0, 0.1) is 5.92 Å². The number of rotatable bonds is 4. The van der Waals surface area contributed by atoms with Crippen LogP contribution in [0.25, 0.3) is 0 Å². The molecule has 0 aromatic carbocycles. The maximum Gasteiger partial charge on any atom is 0.405 e. The minimum Gasteiger partial charge on any atom is -0.465 e. The number of carbonyl (C=O) groups is 3. The van der Waals surface area contributed by atoms with E-state index in [1.165, 1.54) is 4.90 Å². The fourth-order valence-corrected chi connectivity index (χ4v) is 2.15. The lowest BCUT2D eigenvalue weighted by molar-refractivity contribution is -0.139. The highest BCUT2D eigenvalue weighted by molar-refractivity contribution is 5.91. The number of hydrogen-bond acceptors (Lipinski definition) is 3. The van der Waals surface area contributed by atoms with Crippen LogP contribution in [-0.4, -0.2) is 46.5 Å². The average molecular weight is 257 g/mol. The smallest absolute Gasteiger partial charge is 0.405 e. The molecule has 0 unspecified atom stereocenters. The van der Waals surface area contributed by atoms with Gasteiger partial charge < -0.3 is 21.1 Å². The van der Waals surface area contributed by atoms with E-state index >= 15 is 0 Å². The van der Waals surface area contributed by atoms with Crippen molar-refractivity contribution >= 4 is 17.9 Å². The first kappa shape index (κ1) is 14.3. The molecule has 1 heterocycles. The zero-order chi connectivity index (χ0) is 13.9. The Morgan fingerprint density at radius 1 is 1.39 bits per heavy atom. The van der Waals surface area contributed by atoms with Gasteiger partial charge >= 0.3 is 6.09 Å². The van der Waals surface area contributed by atoms with E-state index in [2.05, 4.69) is 5.32 Å². The third kappa shape index (κ3) is 3.12. The Bertz CT molecular complexity index is 352. The molecule has 1 aliphatic rings. The van der Waals surface area contributed by atoms with Crippen molar-refractivity contribution in [2.45, 2.75) is 38.8 Å². The Morgan fingerprint density at radius 3 is 2.44 bits per heavy atom. The van der Waals surface area contributed by atoms with Gasteiger partial charge in [-0.05, 0) is 18.8 Å². The molecule has 1 saturated heterocycles. The van der Waals surface area contributed by atoms with E-state index in [-0.39, 0.29) is 11.8 Å². The molecule has 1 fully saturated rings. The van der Waals surface area contributed by atoms with Crippen LogP contribution in [0.2, 0.25) is 0 Å². The second-order valence-electron chi connectivity index (χ2n) is 4.76. The molecule has 102 valence electrons. The maximum atomic E-state index is 12.2. The molecule has 7 heteroatoms. The first-order valence-electron chi connectivity index (χ1n) is 5.93. The van der Waals surface area contributed by atoms with Crippen molar-refractivity contribution in [1.82, 2.24) is 10.2 Å². The van der Waals surface area contributed by atoms with Crippen LogP contribution in [0.5, 0.6) is 0 Å². The number of hydrogen-bond donors (Lipinski definition) is 3. The number of nitrogens with one attached hydrogen (secondary N) is 1. The molecule has 0 aromatic heterocycles. The third-order valence-electron chi connectivity index (χ3n) is 3.08. The van der Waals surface area contributed by atoms with Gasteiger partial charge in [0.05, 0.1) is 0 Å². The number of carboxylic acid groups (broad SMARTS) is 1. The van der Waals surface area contributed by atoms with Crippen molar-refractivity contribution in [2.24, 2.45) is 11.7 Å². The lowest BCUT2D eigenvalue weighted by Gasteiger charge is -2.28. The summed E-state index contributed by atoms with van der Waals surface area (Å²) in [6.45, 7) is 3.93. The number of nitrogens with two attached hydrogens (primary N) is 1. The molecular formula is C11H19N3O4. The number of primary amides is 1. The van der Waals surface area contributed by atoms with E-state index in [4.69, 9.17) is 10.8 Å². The minimum absolute atomic E-state index is 0.192. The first-order chi connectivity index (χ1) is 8.34. The average Bonchev–Trinajstić information content (AvgIpc) is 2.73. The summed E-state index contributed by atoms with van der Waals surface area (Å²) in [6.07, 6.45) is -0.00667. The molecule has 1 rings (SSSR count). The number of nitrogens with zero attached hydrogens (tertiary/aromatic N) is 1. The summed E-state index contributed by atoms with van der Waals surface area (Å²) >= 11 is 0. The molecular weight excluding hydrogens is 238 g/mol. The second-order valence-corrected chi connectivity index (χ2v) is 4.76. The highest BCUT2D eigenvalue weighted by Gasteiger charge is 2.37. The fraction of sp³-hybridized carbons (Fsp3) is 0.727. The zero-order valence-corrected chi connectivity index (χ0v) is 10.5. The molecule has 4 N–H and O–H groups in total. The Kier molecular flexibility index (Phi) is 4.52. The van der Waals surface area contributed by atoms with Crippen LogP contribution >= 0.6 is 0 Å². The van der Waals surface area contributed by atoms with E-state index in [0.29, 0.717) is 19.4 Å². The van der Waals surface area contributed by atoms with Gasteiger partial charge in [-0.3, -0.25) is 9.59 Å². The van der Waals surface area contributed by atoms with Gasteiger partial charge in [-0.25, -0.2) is 4.79 Å². The zero-order valence-electron chi connectivity index (χ0n) is 10.5. The van der Waals surface area contributed by atoms with Crippen molar-refractivity contribution < 1.29 is 19.5 Å². The normalized spacial score (nSPS) is 20.8. The molecule has 3 amide bonds. The Labute approximate surface area is 105 Å². The number of amides is 3. The van der Waals surface area contributed by atoms with Crippen molar-refractivity contribution in [3.8, 4) is 0 Å². The molecule has 0 aromatic rings. The van der Waals surface area contributed by atoms with E-state index in [1.54, 1.807) is 13.8 Å². The first-order valence-corrected chi connectivity index (χ1v) is 5.93. The summed E-state index contributed by atoms with van der Waals surface area (Å²) in [6, 6.07) is -1.46. The van der Waals surface area contributed by atoms with Gasteiger partial charge in [0.1, 0.15) is 12.1 Å². The molecule has 0 radical (unpaired) electrons. The Hall–Kier alpha value is -1.79. The highest BCUT2D eigenvalue weighted by Crippen LogP contribution is 2.19. The molecule has 7 nitrogen and oxygen atoms in total. The number of likely N-dealkylation sites (tertiary alicyclic amines) is 1. The fourth-order valence-electron chi connectivity index (χ4n) is 2.15. The molecule has 0 bridgehead atoms. The van der Waals surface area contributed by atoms with E-state index < -0.39 is 24.1 Å². The van der Waals surface area contributed by atoms with Crippen LogP contribution < -0.4 is 11.1 Å². The lowest BCUT2D eigenvalue weighted by atomic mass is 10.0. The quantitative estimate of drug-likeness (QED) is 0.644. The van der Waals surface area contributed by atoms with Crippen LogP contribution in [-0.2, 0) is 9.59 Å². The predicted octanol–water partition coefficient (Wildman–Crippen LogP) is -0.245. The van der Waals surface area contributed by atoms with Gasteiger partial charge in [-0.15, -0.1) is 0 Å². The van der Waals surface area contributed by atoms with Crippen LogP contribution in [0.3, 0.4) is 0 Å². The number of carbonyl (C=O) groups excluding carboxylic acids is 2. The van der Waals surface area contributed by atoms with Crippen LogP contribution in [0.1, 0.15) is 26.7 Å². The molecule has 1 aliphatic heterocycles. The van der Waals surface area contributed by atoms with E-state index in [0.717, 1.165) is 0 Å². The second kappa shape index (κ2) is 5.70. The van der Waals surface area contributed by atoms with Gasteiger partial charge in [0.2, 0.25) is 11.8 Å². The van der Waals surface area contributed by atoms with Gasteiger partial charge in [-0.2, -0.15) is 0 Å². The summed E-state index contributed by atoms with van der Waals surface area (Å²) in [5.41, 5.74) is 5.23. The predicted molar refractivity (Wildman–Crippen MR) is 63.7 cm³/mol. The summed E-state index contributed by atoms with van der Waals surface area (Å²) < 4.78 is 0. The Balaban J connectivity index is 2.82. The highest BCUT2D eigenvalue weighted by atomic mass is 16.4. The topological polar surface area (TPSA) is 113 Å². The summed E-state index contributed by atoms with van der Waals surface area (Å²) in [4.78, 5) is 35.5. The van der Waals surface area contributed by atoms with Gasteiger partial charge in [0.15, 0.2) is 0 Å². The van der Waals surface area contributed by atoms with E-state index in [9.17, 15) is 14.4 Å². The largest absolute Gasteiger partial charge is 0.465 e. The molecule has 0 saturated carbocycles. The van der Waals surface area contributed by atoms with Gasteiger partial charge in [-0.1, -0.05) is 13.8 Å². The monoisotopic (exact) mass is 257 g/mol. The standard InChI is InChI=1S/C11H19N3O4/c1-6(2)8(13-11(17)18)10(16)14-5-3-4-7(14)9(12)15/h6-8,13H,3-5H2,1-2H3,(H2,12,15)(H,17,18)/t7-,8-/m0/s1. The van der Waals surface area contributed by atoms with Crippen molar-refractivity contribution in [2.75, 3.05) is 6.54 Å². The SMILES string of the molecule is CC(C)[C@H](NC(=O)O)C(=O)N1CCC[C@H]1C(N)=O. The van der Waals surface area contributed by atoms with Crippen LogP contribution in [0.4, 0.5) is 4.79 Å².